The van der Waals surface area contributed by atoms with Gasteiger partial charge in [0.15, 0.2) is 6.10 Å². The normalized spacial score (nSPS) is 12.5. The number of benzene rings is 2. The number of ether oxygens (including phenoxy) is 1. The summed E-state index contributed by atoms with van der Waals surface area (Å²) >= 11 is 5.97. The van der Waals surface area contributed by atoms with E-state index in [1.165, 1.54) is 0 Å². The molecule has 0 unspecified atom stereocenters. The van der Waals surface area contributed by atoms with Crippen LogP contribution in [-0.2, 0) is 11.3 Å². The van der Waals surface area contributed by atoms with E-state index in [2.05, 4.69) is 0 Å². The van der Waals surface area contributed by atoms with Gasteiger partial charge >= 0.3 is 0 Å². The maximum atomic E-state index is 13.0. The summed E-state index contributed by atoms with van der Waals surface area (Å²) in [5, 5.41) is 0.587. The summed E-state index contributed by atoms with van der Waals surface area (Å²) in [5.41, 5.74) is 0.787. The minimum atomic E-state index is -0.591. The smallest absolute Gasteiger partial charge is 0.264 e. The molecule has 0 fully saturated rings. The van der Waals surface area contributed by atoms with Gasteiger partial charge < -0.3 is 9.64 Å². The predicted molar refractivity (Wildman–Crippen MR) is 98.3 cm³/mol. The molecule has 0 aromatic heterocycles. The van der Waals surface area contributed by atoms with Crippen molar-refractivity contribution in [1.82, 2.24) is 4.90 Å². The minimum absolute atomic E-state index is 0.0497. The highest BCUT2D eigenvalue weighted by atomic mass is 35.5. The van der Waals surface area contributed by atoms with E-state index in [0.29, 0.717) is 17.3 Å². The van der Waals surface area contributed by atoms with Gasteiger partial charge in [-0.25, -0.2) is 0 Å². The molecule has 128 valence electrons. The van der Waals surface area contributed by atoms with Gasteiger partial charge in [-0.1, -0.05) is 48.0 Å². The molecule has 2 aromatic rings. The van der Waals surface area contributed by atoms with Gasteiger partial charge in [0.2, 0.25) is 0 Å². The molecule has 0 heterocycles. The lowest BCUT2D eigenvalue weighted by molar-refractivity contribution is -0.143. The molecule has 1 amide bonds. The molecule has 0 N–H and O–H groups in total. The van der Waals surface area contributed by atoms with Crippen molar-refractivity contribution in [1.29, 1.82) is 0 Å². The fourth-order valence-electron chi connectivity index (χ4n) is 2.43. The van der Waals surface area contributed by atoms with Gasteiger partial charge in [-0.15, -0.1) is 0 Å². The third-order valence-electron chi connectivity index (χ3n) is 3.72. The van der Waals surface area contributed by atoms with Crippen LogP contribution in [0.5, 0.6) is 5.75 Å². The van der Waals surface area contributed by atoms with Gasteiger partial charge in [-0.3, -0.25) is 4.79 Å². The lowest BCUT2D eigenvalue weighted by Gasteiger charge is -2.37. The Morgan fingerprint density at radius 3 is 2.38 bits per heavy atom. The van der Waals surface area contributed by atoms with Crippen molar-refractivity contribution in [2.24, 2.45) is 0 Å². The maximum Gasteiger partial charge on any atom is 0.264 e. The Kier molecular flexibility index (Phi) is 5.89. The summed E-state index contributed by atoms with van der Waals surface area (Å²) in [6, 6.07) is 17.1. The Morgan fingerprint density at radius 1 is 1.12 bits per heavy atom. The molecule has 0 radical (unpaired) electrons. The number of carbonyl (C=O) groups is 1. The summed E-state index contributed by atoms with van der Waals surface area (Å²) < 4.78 is 5.80. The average Bonchev–Trinajstić information content (AvgIpc) is 2.52. The van der Waals surface area contributed by atoms with Crippen LogP contribution in [0.25, 0.3) is 0 Å². The monoisotopic (exact) mass is 345 g/mol. The summed E-state index contributed by atoms with van der Waals surface area (Å²) in [6.45, 7) is 8.40. The van der Waals surface area contributed by atoms with Crippen LogP contribution >= 0.6 is 11.6 Å². The van der Waals surface area contributed by atoms with Crippen molar-refractivity contribution >= 4 is 17.5 Å². The third kappa shape index (κ3) is 5.00. The highest BCUT2D eigenvalue weighted by Gasteiger charge is 2.30. The van der Waals surface area contributed by atoms with Gasteiger partial charge in [0.05, 0.1) is 0 Å². The molecular weight excluding hydrogens is 322 g/mol. The van der Waals surface area contributed by atoms with Crippen molar-refractivity contribution in [3.63, 3.8) is 0 Å². The molecule has 0 saturated carbocycles. The fraction of sp³-hybridized carbons (Fsp3) is 0.350. The van der Waals surface area contributed by atoms with Crippen LogP contribution in [0.2, 0.25) is 5.02 Å². The zero-order valence-electron chi connectivity index (χ0n) is 14.6. The first-order chi connectivity index (χ1) is 11.3. The van der Waals surface area contributed by atoms with Gasteiger partial charge in [0.1, 0.15) is 5.75 Å². The van der Waals surface area contributed by atoms with Gasteiger partial charge in [0, 0.05) is 17.1 Å². The Hall–Kier alpha value is -2.00. The Labute approximate surface area is 149 Å². The van der Waals surface area contributed by atoms with Crippen molar-refractivity contribution in [3.05, 3.63) is 65.2 Å². The minimum Gasteiger partial charge on any atom is -0.481 e. The van der Waals surface area contributed by atoms with Gasteiger partial charge in [-0.2, -0.15) is 0 Å². The molecule has 4 heteroatoms. The van der Waals surface area contributed by atoms with Crippen molar-refractivity contribution in [2.75, 3.05) is 0 Å². The predicted octanol–water partition coefficient (Wildman–Crippen LogP) is 4.93. The van der Waals surface area contributed by atoms with E-state index in [-0.39, 0.29) is 11.4 Å². The quantitative estimate of drug-likeness (QED) is 0.768. The van der Waals surface area contributed by atoms with E-state index >= 15 is 0 Å². The topological polar surface area (TPSA) is 29.5 Å². The number of carbonyl (C=O) groups excluding carboxylic acids is 1. The molecule has 24 heavy (non-hydrogen) atoms. The lowest BCUT2D eigenvalue weighted by atomic mass is 10.0. The highest BCUT2D eigenvalue weighted by molar-refractivity contribution is 6.30. The molecule has 3 nitrogen and oxygen atoms in total. The average molecular weight is 346 g/mol. The van der Waals surface area contributed by atoms with E-state index in [1.54, 1.807) is 31.2 Å². The first-order valence-electron chi connectivity index (χ1n) is 8.05. The summed E-state index contributed by atoms with van der Waals surface area (Å²) in [5.74, 6) is 0.545. The maximum absolute atomic E-state index is 13.0. The third-order valence-corrected chi connectivity index (χ3v) is 3.95. The van der Waals surface area contributed by atoms with Gasteiger partial charge in [0.25, 0.3) is 5.91 Å². The fourth-order valence-corrected chi connectivity index (χ4v) is 2.61. The SMILES string of the molecule is C[C@@H](Oc1cccc(Cl)c1)C(=O)N(Cc1ccccc1)C(C)(C)C. The van der Waals surface area contributed by atoms with Crippen LogP contribution in [0, 0.1) is 0 Å². The number of rotatable bonds is 5. The molecular formula is C20H24ClNO2. The molecule has 0 saturated heterocycles. The molecule has 2 rings (SSSR count). The summed E-state index contributed by atoms with van der Waals surface area (Å²) in [7, 11) is 0. The number of hydrogen-bond acceptors (Lipinski definition) is 2. The van der Waals surface area contributed by atoms with Gasteiger partial charge in [-0.05, 0) is 51.5 Å². The highest BCUT2D eigenvalue weighted by Crippen LogP contribution is 2.22. The van der Waals surface area contributed by atoms with Crippen LogP contribution in [-0.4, -0.2) is 22.4 Å². The van der Waals surface area contributed by atoms with Crippen LogP contribution in [0.3, 0.4) is 0 Å². The molecule has 0 aliphatic heterocycles. The van der Waals surface area contributed by atoms with Crippen LogP contribution in [0.4, 0.5) is 0 Å². The van der Waals surface area contributed by atoms with Crippen molar-refractivity contribution in [2.45, 2.75) is 45.9 Å². The Balaban J connectivity index is 2.15. The Bertz CT molecular complexity index is 680. The molecule has 0 spiro atoms. The number of amides is 1. The lowest BCUT2D eigenvalue weighted by Crippen LogP contribution is -2.50. The number of hydrogen-bond donors (Lipinski definition) is 0. The second-order valence-electron chi connectivity index (χ2n) is 6.80. The summed E-state index contributed by atoms with van der Waals surface area (Å²) in [6.07, 6.45) is -0.591. The molecule has 1 atom stereocenters. The molecule has 0 aliphatic carbocycles. The van der Waals surface area contributed by atoms with E-state index in [9.17, 15) is 4.79 Å². The van der Waals surface area contributed by atoms with E-state index in [4.69, 9.17) is 16.3 Å². The number of nitrogens with zero attached hydrogens (tertiary/aromatic N) is 1. The van der Waals surface area contributed by atoms with E-state index in [0.717, 1.165) is 5.56 Å². The van der Waals surface area contributed by atoms with Crippen LogP contribution in [0.15, 0.2) is 54.6 Å². The van der Waals surface area contributed by atoms with Crippen molar-refractivity contribution < 1.29 is 9.53 Å². The second-order valence-corrected chi connectivity index (χ2v) is 7.23. The summed E-state index contributed by atoms with van der Waals surface area (Å²) in [4.78, 5) is 14.8. The first kappa shape index (κ1) is 18.3. The van der Waals surface area contributed by atoms with Crippen molar-refractivity contribution in [3.8, 4) is 5.75 Å². The molecule has 0 aliphatic rings. The largest absolute Gasteiger partial charge is 0.481 e. The molecule has 0 bridgehead atoms. The standard InChI is InChI=1S/C20H24ClNO2/c1-15(24-18-12-8-11-17(21)13-18)19(23)22(20(2,3)4)14-16-9-6-5-7-10-16/h5-13,15H,14H2,1-4H3/t15-/m1/s1. The van der Waals surface area contributed by atoms with Crippen LogP contribution < -0.4 is 4.74 Å². The van der Waals surface area contributed by atoms with E-state index < -0.39 is 6.10 Å². The van der Waals surface area contributed by atoms with E-state index in [1.807, 2.05) is 56.0 Å². The zero-order chi connectivity index (χ0) is 17.7. The molecule has 2 aromatic carbocycles. The Morgan fingerprint density at radius 2 is 1.79 bits per heavy atom. The number of halogens is 1. The zero-order valence-corrected chi connectivity index (χ0v) is 15.4. The van der Waals surface area contributed by atoms with Crippen LogP contribution in [0.1, 0.15) is 33.3 Å². The second kappa shape index (κ2) is 7.71. The first-order valence-corrected chi connectivity index (χ1v) is 8.43.